The molecule has 1 fully saturated rings. The molecule has 1 unspecified atom stereocenters. The summed E-state index contributed by atoms with van der Waals surface area (Å²) >= 11 is 0. The lowest BCUT2D eigenvalue weighted by Crippen LogP contribution is -2.27. The normalized spacial score (nSPS) is 19.4. The molecule has 17 heavy (non-hydrogen) atoms. The van der Waals surface area contributed by atoms with Crippen LogP contribution in [0.15, 0.2) is 18.2 Å². The third-order valence-electron chi connectivity index (χ3n) is 3.19. The highest BCUT2D eigenvalue weighted by atomic mass is 16.5. The molecule has 1 aliphatic rings. The molecule has 0 radical (unpaired) electrons. The minimum atomic E-state index is 0.0194. The molecule has 0 spiro atoms. The number of amides is 2. The van der Waals surface area contributed by atoms with Gasteiger partial charge in [0.2, 0.25) is 0 Å². The van der Waals surface area contributed by atoms with Crippen LogP contribution in [0.5, 0.6) is 5.75 Å². The molecule has 1 saturated heterocycles. The van der Waals surface area contributed by atoms with E-state index in [-0.39, 0.29) is 12.1 Å². The van der Waals surface area contributed by atoms with Crippen molar-refractivity contribution in [1.82, 2.24) is 10.2 Å². The van der Waals surface area contributed by atoms with E-state index in [1.165, 1.54) is 0 Å². The number of methoxy groups -OCH3 is 1. The number of rotatable bonds is 3. The van der Waals surface area contributed by atoms with E-state index in [2.05, 4.69) is 11.4 Å². The molecule has 1 aromatic rings. The summed E-state index contributed by atoms with van der Waals surface area (Å²) in [5.74, 6) is 0.880. The SMILES string of the molecule is CCN1CC(c2ccc(OC)c(C)c2)NC1=O. The van der Waals surface area contributed by atoms with Crippen LogP contribution in [0, 0.1) is 6.92 Å². The molecule has 1 aromatic carbocycles. The molecule has 4 nitrogen and oxygen atoms in total. The first-order valence-electron chi connectivity index (χ1n) is 5.85. The molecule has 0 bridgehead atoms. The summed E-state index contributed by atoms with van der Waals surface area (Å²) in [6.45, 7) is 5.48. The predicted octanol–water partition coefficient (Wildman–Crippen LogP) is 2.09. The maximum Gasteiger partial charge on any atom is 0.318 e. The van der Waals surface area contributed by atoms with Gasteiger partial charge in [0.15, 0.2) is 0 Å². The van der Waals surface area contributed by atoms with Crippen LogP contribution in [-0.2, 0) is 0 Å². The van der Waals surface area contributed by atoms with Gasteiger partial charge in [-0.05, 0) is 31.0 Å². The summed E-state index contributed by atoms with van der Waals surface area (Å²) in [5, 5.41) is 2.98. The third kappa shape index (κ3) is 2.20. The lowest BCUT2D eigenvalue weighted by Gasteiger charge is -2.13. The first-order chi connectivity index (χ1) is 8.15. The van der Waals surface area contributed by atoms with E-state index in [0.717, 1.165) is 30.0 Å². The molecule has 2 rings (SSSR count). The predicted molar refractivity (Wildman–Crippen MR) is 66.3 cm³/mol. The van der Waals surface area contributed by atoms with Crippen molar-refractivity contribution in [3.8, 4) is 5.75 Å². The highest BCUT2D eigenvalue weighted by molar-refractivity contribution is 5.77. The molecular weight excluding hydrogens is 216 g/mol. The second-order valence-corrected chi connectivity index (χ2v) is 4.27. The van der Waals surface area contributed by atoms with Gasteiger partial charge in [-0.2, -0.15) is 0 Å². The second-order valence-electron chi connectivity index (χ2n) is 4.27. The van der Waals surface area contributed by atoms with Gasteiger partial charge in [-0.25, -0.2) is 4.79 Å². The van der Waals surface area contributed by atoms with Gasteiger partial charge in [0.25, 0.3) is 0 Å². The van der Waals surface area contributed by atoms with E-state index in [1.807, 2.05) is 30.9 Å². The van der Waals surface area contributed by atoms with Crippen molar-refractivity contribution in [2.75, 3.05) is 20.2 Å². The van der Waals surface area contributed by atoms with Crippen LogP contribution in [0.3, 0.4) is 0 Å². The number of ether oxygens (including phenoxy) is 1. The Balaban J connectivity index is 2.19. The Kier molecular flexibility index (Phi) is 3.22. The Morgan fingerprint density at radius 1 is 1.53 bits per heavy atom. The summed E-state index contributed by atoms with van der Waals surface area (Å²) in [6.07, 6.45) is 0. The minimum Gasteiger partial charge on any atom is -0.496 e. The summed E-state index contributed by atoms with van der Waals surface area (Å²) in [7, 11) is 1.66. The standard InChI is InChI=1S/C13H18N2O2/c1-4-15-8-11(14-13(15)16)10-5-6-12(17-3)9(2)7-10/h5-7,11H,4,8H2,1-3H3,(H,14,16). The number of carbonyl (C=O) groups excluding carboxylic acids is 1. The molecule has 0 saturated carbocycles. The van der Waals surface area contributed by atoms with Crippen LogP contribution < -0.4 is 10.1 Å². The monoisotopic (exact) mass is 234 g/mol. The first-order valence-corrected chi connectivity index (χ1v) is 5.85. The number of carbonyl (C=O) groups is 1. The number of likely N-dealkylation sites (N-methyl/N-ethyl adjacent to an activating group) is 1. The topological polar surface area (TPSA) is 41.6 Å². The minimum absolute atomic E-state index is 0.0194. The number of benzene rings is 1. The zero-order chi connectivity index (χ0) is 12.4. The molecule has 0 aliphatic carbocycles. The maximum absolute atomic E-state index is 11.6. The van der Waals surface area contributed by atoms with Crippen molar-refractivity contribution < 1.29 is 9.53 Å². The van der Waals surface area contributed by atoms with Crippen LogP contribution in [0.25, 0.3) is 0 Å². The molecule has 4 heteroatoms. The van der Waals surface area contributed by atoms with Crippen molar-refractivity contribution in [1.29, 1.82) is 0 Å². The summed E-state index contributed by atoms with van der Waals surface area (Å²) in [6, 6.07) is 6.14. The molecule has 1 heterocycles. The Hall–Kier alpha value is -1.71. The van der Waals surface area contributed by atoms with E-state index in [1.54, 1.807) is 7.11 Å². The zero-order valence-corrected chi connectivity index (χ0v) is 10.5. The number of hydrogen-bond donors (Lipinski definition) is 1. The van der Waals surface area contributed by atoms with Gasteiger partial charge < -0.3 is 15.0 Å². The fourth-order valence-corrected chi connectivity index (χ4v) is 2.17. The van der Waals surface area contributed by atoms with Gasteiger partial charge in [0.1, 0.15) is 5.75 Å². The Morgan fingerprint density at radius 2 is 2.29 bits per heavy atom. The Labute approximate surface area is 102 Å². The molecule has 1 atom stereocenters. The summed E-state index contributed by atoms with van der Waals surface area (Å²) < 4.78 is 5.23. The molecule has 92 valence electrons. The lowest BCUT2D eigenvalue weighted by molar-refractivity contribution is 0.219. The summed E-state index contributed by atoms with van der Waals surface area (Å²) in [5.41, 5.74) is 2.22. The van der Waals surface area contributed by atoms with Crippen LogP contribution in [0.1, 0.15) is 24.1 Å². The van der Waals surface area contributed by atoms with Crippen LogP contribution in [0.4, 0.5) is 4.79 Å². The van der Waals surface area contributed by atoms with E-state index in [0.29, 0.717) is 0 Å². The van der Waals surface area contributed by atoms with Crippen molar-refractivity contribution >= 4 is 6.03 Å². The molecule has 1 N–H and O–H groups in total. The number of urea groups is 1. The van der Waals surface area contributed by atoms with Gasteiger partial charge in [-0.15, -0.1) is 0 Å². The smallest absolute Gasteiger partial charge is 0.318 e. The lowest BCUT2D eigenvalue weighted by atomic mass is 10.0. The third-order valence-corrected chi connectivity index (χ3v) is 3.19. The van der Waals surface area contributed by atoms with Crippen molar-refractivity contribution in [2.24, 2.45) is 0 Å². The quantitative estimate of drug-likeness (QED) is 0.870. The Bertz CT molecular complexity index is 431. The van der Waals surface area contributed by atoms with Gasteiger partial charge in [0.05, 0.1) is 13.2 Å². The van der Waals surface area contributed by atoms with Gasteiger partial charge in [-0.3, -0.25) is 0 Å². The average Bonchev–Trinajstić information content (AvgIpc) is 2.70. The molecular formula is C13H18N2O2. The highest BCUT2D eigenvalue weighted by Crippen LogP contribution is 2.25. The van der Waals surface area contributed by atoms with Gasteiger partial charge in [-0.1, -0.05) is 12.1 Å². The maximum atomic E-state index is 11.6. The van der Waals surface area contributed by atoms with Crippen LogP contribution >= 0.6 is 0 Å². The van der Waals surface area contributed by atoms with Crippen molar-refractivity contribution in [3.05, 3.63) is 29.3 Å². The average molecular weight is 234 g/mol. The van der Waals surface area contributed by atoms with Gasteiger partial charge >= 0.3 is 6.03 Å². The zero-order valence-electron chi connectivity index (χ0n) is 10.5. The molecule has 0 aromatic heterocycles. The van der Waals surface area contributed by atoms with E-state index in [4.69, 9.17) is 4.74 Å². The van der Waals surface area contributed by atoms with E-state index >= 15 is 0 Å². The fraction of sp³-hybridized carbons (Fsp3) is 0.462. The summed E-state index contributed by atoms with van der Waals surface area (Å²) in [4.78, 5) is 13.4. The number of hydrogen-bond acceptors (Lipinski definition) is 2. The van der Waals surface area contributed by atoms with Crippen molar-refractivity contribution in [3.63, 3.8) is 0 Å². The highest BCUT2D eigenvalue weighted by Gasteiger charge is 2.28. The fourth-order valence-electron chi connectivity index (χ4n) is 2.17. The number of aryl methyl sites for hydroxylation is 1. The first kappa shape index (κ1) is 11.8. The van der Waals surface area contributed by atoms with Crippen LogP contribution in [0.2, 0.25) is 0 Å². The second kappa shape index (κ2) is 4.65. The Morgan fingerprint density at radius 3 is 2.82 bits per heavy atom. The van der Waals surface area contributed by atoms with E-state index < -0.39 is 0 Å². The van der Waals surface area contributed by atoms with E-state index in [9.17, 15) is 4.79 Å². The van der Waals surface area contributed by atoms with Crippen LogP contribution in [-0.4, -0.2) is 31.1 Å². The van der Waals surface area contributed by atoms with Crippen molar-refractivity contribution in [2.45, 2.75) is 19.9 Å². The van der Waals surface area contributed by atoms with Gasteiger partial charge in [0, 0.05) is 13.1 Å². The molecule has 1 aliphatic heterocycles. The molecule has 2 amide bonds. The largest absolute Gasteiger partial charge is 0.496 e. The number of nitrogens with one attached hydrogen (secondary N) is 1. The number of nitrogens with zero attached hydrogens (tertiary/aromatic N) is 1.